The molecule has 0 bridgehead atoms. The molecule has 0 amide bonds. The van der Waals surface area contributed by atoms with Crippen LogP contribution >= 0.6 is 23.2 Å². The van der Waals surface area contributed by atoms with Gasteiger partial charge in [-0.05, 0) is 31.0 Å². The van der Waals surface area contributed by atoms with Gasteiger partial charge in [0.2, 0.25) is 5.95 Å². The molecule has 1 aliphatic rings. The van der Waals surface area contributed by atoms with Crippen molar-refractivity contribution in [2.75, 3.05) is 10.6 Å². The summed E-state index contributed by atoms with van der Waals surface area (Å²) >= 11 is 12.8. The lowest BCUT2D eigenvalue weighted by molar-refractivity contribution is 0.480. The molecular weight excluding hydrogens is 533 g/mol. The average molecular weight is 553 g/mol. The Morgan fingerprint density at radius 3 is 2.61 bits per heavy atom. The van der Waals surface area contributed by atoms with Crippen LogP contribution in [0, 0.1) is 23.1 Å². The van der Waals surface area contributed by atoms with Crippen LogP contribution in [0.5, 0.6) is 0 Å². The highest BCUT2D eigenvalue weighted by Gasteiger charge is 2.22. The van der Waals surface area contributed by atoms with Gasteiger partial charge >= 0.3 is 0 Å². The molecule has 1 unspecified atom stereocenters. The maximum Gasteiger partial charge on any atom is 0.249 e. The summed E-state index contributed by atoms with van der Waals surface area (Å²) in [5, 5.41) is 20.5. The van der Waals surface area contributed by atoms with E-state index in [0.717, 1.165) is 30.7 Å². The third-order valence-electron chi connectivity index (χ3n) is 5.88. The van der Waals surface area contributed by atoms with Crippen LogP contribution in [0.3, 0.4) is 0 Å². The van der Waals surface area contributed by atoms with Gasteiger partial charge in [-0.15, -0.1) is 0 Å². The fraction of sp³-hybridized carbons (Fsp3) is 0.154. The van der Waals surface area contributed by atoms with Crippen LogP contribution in [0.4, 0.5) is 25.8 Å². The van der Waals surface area contributed by atoms with Crippen molar-refractivity contribution < 1.29 is 8.78 Å². The van der Waals surface area contributed by atoms with Gasteiger partial charge < -0.3 is 21.7 Å². The number of rotatable bonds is 8. The van der Waals surface area contributed by atoms with Gasteiger partial charge in [0, 0.05) is 53.5 Å². The van der Waals surface area contributed by atoms with Gasteiger partial charge in [0.15, 0.2) is 5.82 Å². The van der Waals surface area contributed by atoms with E-state index in [2.05, 4.69) is 37.0 Å². The molecule has 192 valence electrons. The van der Waals surface area contributed by atoms with Crippen LogP contribution in [0.15, 0.2) is 60.9 Å². The molecule has 1 aliphatic carbocycles. The first-order valence-corrected chi connectivity index (χ1v) is 12.3. The molecule has 1 saturated carbocycles. The monoisotopic (exact) mass is 552 g/mol. The highest BCUT2D eigenvalue weighted by molar-refractivity contribution is 6.36. The minimum absolute atomic E-state index is 0.142. The number of nitrogens with zero attached hydrogens (tertiary/aromatic N) is 4. The van der Waals surface area contributed by atoms with E-state index in [1.165, 1.54) is 12.4 Å². The van der Waals surface area contributed by atoms with Crippen molar-refractivity contribution in [3.05, 3.63) is 93.9 Å². The zero-order valence-corrected chi connectivity index (χ0v) is 21.2. The molecule has 0 spiro atoms. The van der Waals surface area contributed by atoms with Gasteiger partial charge in [-0.25, -0.2) is 9.37 Å². The fourth-order valence-corrected chi connectivity index (χ4v) is 4.31. The maximum atomic E-state index is 13.8. The van der Waals surface area contributed by atoms with Gasteiger partial charge in [0.1, 0.15) is 6.07 Å². The second kappa shape index (κ2) is 10.7. The molecular formula is C26H20Cl2F2N8. The molecule has 4 aromatic rings. The van der Waals surface area contributed by atoms with Crippen LogP contribution in [-0.4, -0.2) is 21.0 Å². The van der Waals surface area contributed by atoms with E-state index >= 15 is 0 Å². The van der Waals surface area contributed by atoms with Gasteiger partial charge in [-0.3, -0.25) is 9.97 Å². The van der Waals surface area contributed by atoms with Crippen LogP contribution in [0.25, 0.3) is 10.9 Å². The minimum Gasteiger partial charge on any atom is -0.399 e. The number of nitrogens with one attached hydrogen (secondary N) is 3. The first-order valence-electron chi connectivity index (χ1n) is 11.5. The third kappa shape index (κ3) is 5.54. The predicted octanol–water partition coefficient (Wildman–Crippen LogP) is 5.93. The summed E-state index contributed by atoms with van der Waals surface area (Å²) in [6, 6.07) is 8.04. The first kappa shape index (κ1) is 25.4. The zero-order valence-electron chi connectivity index (χ0n) is 19.6. The molecule has 5 N–H and O–H groups in total. The normalized spacial score (nSPS) is 14.1. The van der Waals surface area contributed by atoms with Crippen LogP contribution in [0.2, 0.25) is 10.0 Å². The second-order valence-corrected chi connectivity index (χ2v) is 9.58. The Kier molecular flexibility index (Phi) is 7.13. The zero-order chi connectivity index (χ0) is 26.8. The van der Waals surface area contributed by atoms with Crippen molar-refractivity contribution in [1.82, 2.24) is 20.3 Å². The lowest BCUT2D eigenvalue weighted by Gasteiger charge is -2.22. The summed E-state index contributed by atoms with van der Waals surface area (Å²) < 4.78 is 27.2. The summed E-state index contributed by atoms with van der Waals surface area (Å²) in [5.41, 5.74) is 9.24. The van der Waals surface area contributed by atoms with E-state index in [-0.39, 0.29) is 11.3 Å². The van der Waals surface area contributed by atoms with Crippen molar-refractivity contribution in [3.8, 4) is 6.07 Å². The Balaban J connectivity index is 1.58. The highest BCUT2D eigenvalue weighted by atomic mass is 35.5. The van der Waals surface area contributed by atoms with Crippen molar-refractivity contribution in [1.29, 1.82) is 5.26 Å². The lowest BCUT2D eigenvalue weighted by atomic mass is 10.0. The highest BCUT2D eigenvalue weighted by Crippen LogP contribution is 2.36. The van der Waals surface area contributed by atoms with Gasteiger partial charge in [0.25, 0.3) is 0 Å². The van der Waals surface area contributed by atoms with Crippen LogP contribution in [0.1, 0.15) is 30.0 Å². The van der Waals surface area contributed by atoms with E-state index in [4.69, 9.17) is 28.9 Å². The standard InChI is InChI=1S/C26H20Cl2F2N8/c27-15-3-13(8-33-10-15)24(22(32)12-34-16-1-2-16)37-17-4-19-23(38-18-6-21(29)26(30)36-11-18)14(7-31)9-35-25(19)20(28)5-17/h3-6,8-12,16,24,34,37H,1-2,32H2,(H,35,38). The molecule has 0 saturated heterocycles. The molecule has 1 atom stereocenters. The minimum atomic E-state index is -1.23. The topological polar surface area (TPSA) is 125 Å². The summed E-state index contributed by atoms with van der Waals surface area (Å²) in [7, 11) is 0. The molecule has 0 aliphatic heterocycles. The molecule has 0 radical (unpaired) electrons. The Morgan fingerprint density at radius 2 is 1.89 bits per heavy atom. The van der Waals surface area contributed by atoms with Gasteiger partial charge in [0.05, 0.1) is 50.4 Å². The molecule has 3 heterocycles. The van der Waals surface area contributed by atoms with E-state index in [1.807, 2.05) is 0 Å². The number of pyridine rings is 3. The molecule has 38 heavy (non-hydrogen) atoms. The number of fused-ring (bicyclic) bond motifs is 1. The number of benzene rings is 1. The van der Waals surface area contributed by atoms with Gasteiger partial charge in [-0.1, -0.05) is 23.2 Å². The largest absolute Gasteiger partial charge is 0.399 e. The van der Waals surface area contributed by atoms with E-state index in [9.17, 15) is 14.0 Å². The summed E-state index contributed by atoms with van der Waals surface area (Å²) in [6.45, 7) is 0. The molecule has 1 fully saturated rings. The molecule has 1 aromatic carbocycles. The second-order valence-electron chi connectivity index (χ2n) is 8.73. The number of anilines is 3. The quantitative estimate of drug-likeness (QED) is 0.198. The van der Waals surface area contributed by atoms with Gasteiger partial charge in [-0.2, -0.15) is 9.65 Å². The van der Waals surface area contributed by atoms with Crippen LogP contribution < -0.4 is 21.7 Å². The summed E-state index contributed by atoms with van der Waals surface area (Å²) in [4.78, 5) is 11.9. The number of nitriles is 1. The van der Waals surface area contributed by atoms with Crippen molar-refractivity contribution in [3.63, 3.8) is 0 Å². The Morgan fingerprint density at radius 1 is 1.08 bits per heavy atom. The van der Waals surface area contributed by atoms with E-state index < -0.39 is 17.8 Å². The van der Waals surface area contributed by atoms with Crippen molar-refractivity contribution >= 4 is 51.2 Å². The molecule has 3 aromatic heterocycles. The Hall–Kier alpha value is -4.20. The SMILES string of the molecule is N#Cc1cnc2c(Cl)cc(NC(C(N)=CNC3CC3)c3cncc(Cl)c3)cc2c1Nc1cnc(F)c(F)c1. The van der Waals surface area contributed by atoms with Crippen molar-refractivity contribution in [2.45, 2.75) is 24.9 Å². The smallest absolute Gasteiger partial charge is 0.249 e. The number of aromatic nitrogens is 3. The lowest BCUT2D eigenvalue weighted by Crippen LogP contribution is -2.22. The predicted molar refractivity (Wildman–Crippen MR) is 143 cm³/mol. The fourth-order valence-electron chi connectivity index (χ4n) is 3.86. The number of nitrogens with two attached hydrogens (primary N) is 1. The van der Waals surface area contributed by atoms with E-state index in [1.54, 1.807) is 30.6 Å². The molecule has 5 rings (SSSR count). The summed E-state index contributed by atoms with van der Waals surface area (Å²) in [5.74, 6) is -2.36. The first-order chi connectivity index (χ1) is 18.3. The third-order valence-corrected chi connectivity index (χ3v) is 6.37. The average Bonchev–Trinajstić information content (AvgIpc) is 3.73. The number of hydrogen-bond acceptors (Lipinski definition) is 8. The number of hydrogen-bond donors (Lipinski definition) is 4. The number of halogens is 4. The Bertz CT molecular complexity index is 1600. The van der Waals surface area contributed by atoms with Crippen molar-refractivity contribution in [2.24, 2.45) is 5.73 Å². The van der Waals surface area contributed by atoms with Crippen LogP contribution in [-0.2, 0) is 0 Å². The maximum absolute atomic E-state index is 13.8. The molecule has 12 heteroatoms. The molecule has 8 nitrogen and oxygen atoms in total. The Labute approximate surface area is 226 Å². The summed E-state index contributed by atoms with van der Waals surface area (Å²) in [6.07, 6.45) is 9.58. The van der Waals surface area contributed by atoms with E-state index in [0.29, 0.717) is 44.1 Å².